The fourth-order valence-electron chi connectivity index (χ4n) is 2.16. The van der Waals surface area contributed by atoms with E-state index in [-0.39, 0.29) is 11.7 Å². The third kappa shape index (κ3) is 5.62. The van der Waals surface area contributed by atoms with Gasteiger partial charge in [0.2, 0.25) is 0 Å². The van der Waals surface area contributed by atoms with Gasteiger partial charge in [0.25, 0.3) is 5.91 Å². The number of amides is 1. The lowest BCUT2D eigenvalue weighted by Gasteiger charge is -2.10. The van der Waals surface area contributed by atoms with Crippen LogP contribution in [0.25, 0.3) is 0 Å². The quantitative estimate of drug-likeness (QED) is 0.779. The third-order valence-corrected chi connectivity index (χ3v) is 3.52. The van der Waals surface area contributed by atoms with E-state index in [0.717, 1.165) is 12.2 Å². The number of carbonyl (C=O) groups is 1. The second kappa shape index (κ2) is 8.98. The summed E-state index contributed by atoms with van der Waals surface area (Å²) in [6.07, 6.45) is 2.20. The number of hydrogen-bond acceptors (Lipinski definition) is 4. The van der Waals surface area contributed by atoms with Gasteiger partial charge in [-0.15, -0.1) is 0 Å². The first-order valence-corrected chi connectivity index (χ1v) is 7.92. The fourth-order valence-corrected chi connectivity index (χ4v) is 2.16. The molecule has 128 valence electrons. The van der Waals surface area contributed by atoms with E-state index in [0.29, 0.717) is 30.8 Å². The number of nitrogens with one attached hydrogen (secondary N) is 2. The molecule has 1 aromatic heterocycles. The number of benzene rings is 1. The molecular weight excluding hydrogens is 307 g/mol. The van der Waals surface area contributed by atoms with Crippen molar-refractivity contribution in [2.24, 2.45) is 0 Å². The normalized spacial score (nSPS) is 10.7. The SMILES string of the molecule is CN(C)CCNC(=O)c1ccc(NCCc2ccccc2F)cn1. The van der Waals surface area contributed by atoms with E-state index < -0.39 is 0 Å². The number of aromatic nitrogens is 1. The van der Waals surface area contributed by atoms with Crippen molar-refractivity contribution in [3.63, 3.8) is 0 Å². The highest BCUT2D eigenvalue weighted by molar-refractivity contribution is 5.92. The minimum atomic E-state index is -0.192. The van der Waals surface area contributed by atoms with Crippen molar-refractivity contribution in [2.45, 2.75) is 6.42 Å². The highest BCUT2D eigenvalue weighted by Crippen LogP contribution is 2.09. The van der Waals surface area contributed by atoms with Gasteiger partial charge in [-0.05, 0) is 44.3 Å². The molecule has 2 rings (SSSR count). The van der Waals surface area contributed by atoms with Crippen molar-refractivity contribution in [2.75, 3.05) is 39.0 Å². The van der Waals surface area contributed by atoms with Crippen LogP contribution in [0, 0.1) is 5.82 Å². The number of rotatable bonds is 8. The molecule has 5 nitrogen and oxygen atoms in total. The molecule has 0 aliphatic rings. The van der Waals surface area contributed by atoms with Gasteiger partial charge in [0.05, 0.1) is 11.9 Å². The lowest BCUT2D eigenvalue weighted by Crippen LogP contribution is -2.31. The van der Waals surface area contributed by atoms with E-state index in [9.17, 15) is 9.18 Å². The first kappa shape index (κ1) is 17.9. The Balaban J connectivity index is 1.79. The molecule has 0 fully saturated rings. The summed E-state index contributed by atoms with van der Waals surface area (Å²) in [4.78, 5) is 18.1. The predicted octanol–water partition coefficient (Wildman–Crippen LogP) is 2.17. The molecule has 1 heterocycles. The summed E-state index contributed by atoms with van der Waals surface area (Å²) in [5.74, 6) is -0.378. The monoisotopic (exact) mass is 330 g/mol. The Labute approximate surface area is 141 Å². The third-order valence-electron chi connectivity index (χ3n) is 3.52. The van der Waals surface area contributed by atoms with Crippen molar-refractivity contribution in [1.29, 1.82) is 0 Å². The Morgan fingerprint density at radius 3 is 2.62 bits per heavy atom. The van der Waals surface area contributed by atoms with Crippen molar-refractivity contribution in [1.82, 2.24) is 15.2 Å². The number of pyridine rings is 1. The molecule has 0 spiro atoms. The number of carbonyl (C=O) groups excluding carboxylic acids is 1. The molecule has 2 aromatic rings. The van der Waals surface area contributed by atoms with E-state index in [1.807, 2.05) is 25.1 Å². The molecule has 1 aromatic carbocycles. The number of likely N-dealkylation sites (N-methyl/N-ethyl adjacent to an activating group) is 1. The van der Waals surface area contributed by atoms with Crippen LogP contribution in [0.4, 0.5) is 10.1 Å². The summed E-state index contributed by atoms with van der Waals surface area (Å²) in [6, 6.07) is 10.2. The van der Waals surface area contributed by atoms with Gasteiger partial charge in [-0.1, -0.05) is 18.2 Å². The van der Waals surface area contributed by atoms with Crippen molar-refractivity contribution in [3.8, 4) is 0 Å². The van der Waals surface area contributed by atoms with Crippen molar-refractivity contribution < 1.29 is 9.18 Å². The summed E-state index contributed by atoms with van der Waals surface area (Å²) >= 11 is 0. The highest BCUT2D eigenvalue weighted by atomic mass is 19.1. The van der Waals surface area contributed by atoms with Crippen molar-refractivity contribution >= 4 is 11.6 Å². The second-order valence-electron chi connectivity index (χ2n) is 5.76. The van der Waals surface area contributed by atoms with Crippen LogP contribution < -0.4 is 10.6 Å². The minimum absolute atomic E-state index is 0.185. The maximum absolute atomic E-state index is 13.5. The minimum Gasteiger partial charge on any atom is -0.383 e. The Kier molecular flexibility index (Phi) is 6.69. The summed E-state index contributed by atoms with van der Waals surface area (Å²) < 4.78 is 13.5. The lowest BCUT2D eigenvalue weighted by molar-refractivity contribution is 0.0946. The first-order chi connectivity index (χ1) is 11.6. The van der Waals surface area contributed by atoms with Crippen LogP contribution in [0.2, 0.25) is 0 Å². The van der Waals surface area contributed by atoms with E-state index >= 15 is 0 Å². The van der Waals surface area contributed by atoms with Gasteiger partial charge in [0.1, 0.15) is 11.5 Å². The van der Waals surface area contributed by atoms with E-state index in [4.69, 9.17) is 0 Å². The maximum Gasteiger partial charge on any atom is 0.269 e. The molecule has 0 unspecified atom stereocenters. The summed E-state index contributed by atoms with van der Waals surface area (Å²) in [5.41, 5.74) is 1.86. The summed E-state index contributed by atoms with van der Waals surface area (Å²) in [6.45, 7) is 1.95. The molecule has 0 radical (unpaired) electrons. The van der Waals surface area contributed by atoms with Crippen LogP contribution >= 0.6 is 0 Å². The van der Waals surface area contributed by atoms with Gasteiger partial charge in [-0.3, -0.25) is 4.79 Å². The summed E-state index contributed by atoms with van der Waals surface area (Å²) in [7, 11) is 3.90. The number of hydrogen-bond donors (Lipinski definition) is 2. The Morgan fingerprint density at radius 2 is 1.96 bits per heavy atom. The van der Waals surface area contributed by atoms with Crippen LogP contribution in [0.15, 0.2) is 42.6 Å². The molecule has 0 saturated heterocycles. The van der Waals surface area contributed by atoms with Crippen LogP contribution in [0.3, 0.4) is 0 Å². The van der Waals surface area contributed by atoms with Gasteiger partial charge in [0, 0.05) is 19.6 Å². The first-order valence-electron chi connectivity index (χ1n) is 7.92. The number of nitrogens with zero attached hydrogens (tertiary/aromatic N) is 2. The average molecular weight is 330 g/mol. The van der Waals surface area contributed by atoms with E-state index in [1.54, 1.807) is 30.5 Å². The number of halogens is 1. The van der Waals surface area contributed by atoms with Gasteiger partial charge in [-0.2, -0.15) is 0 Å². The molecule has 0 aliphatic heterocycles. The fraction of sp³-hybridized carbons (Fsp3) is 0.333. The van der Waals surface area contributed by atoms with Crippen LogP contribution in [0.1, 0.15) is 16.1 Å². The van der Waals surface area contributed by atoms with Crippen LogP contribution in [-0.4, -0.2) is 49.5 Å². The van der Waals surface area contributed by atoms with E-state index in [2.05, 4.69) is 15.6 Å². The summed E-state index contributed by atoms with van der Waals surface area (Å²) in [5, 5.41) is 5.99. The van der Waals surface area contributed by atoms with Crippen LogP contribution in [-0.2, 0) is 6.42 Å². The Hall–Kier alpha value is -2.47. The zero-order valence-corrected chi connectivity index (χ0v) is 14.1. The van der Waals surface area contributed by atoms with Crippen LogP contribution in [0.5, 0.6) is 0 Å². The lowest BCUT2D eigenvalue weighted by atomic mass is 10.1. The maximum atomic E-state index is 13.5. The standard InChI is InChI=1S/C18H23FN4O/c1-23(2)12-11-21-18(24)17-8-7-15(13-22-17)20-10-9-14-5-3-4-6-16(14)19/h3-8,13,20H,9-12H2,1-2H3,(H,21,24). The van der Waals surface area contributed by atoms with Gasteiger partial charge >= 0.3 is 0 Å². The average Bonchev–Trinajstić information content (AvgIpc) is 2.57. The van der Waals surface area contributed by atoms with Gasteiger partial charge in [-0.25, -0.2) is 9.37 Å². The molecule has 1 amide bonds. The Morgan fingerprint density at radius 1 is 1.17 bits per heavy atom. The van der Waals surface area contributed by atoms with Crippen molar-refractivity contribution in [3.05, 3.63) is 59.7 Å². The largest absolute Gasteiger partial charge is 0.383 e. The molecule has 6 heteroatoms. The zero-order chi connectivity index (χ0) is 17.4. The van der Waals surface area contributed by atoms with E-state index in [1.165, 1.54) is 6.07 Å². The number of anilines is 1. The predicted molar refractivity (Wildman–Crippen MR) is 93.7 cm³/mol. The molecule has 2 N–H and O–H groups in total. The van der Waals surface area contributed by atoms with Gasteiger partial charge in [0.15, 0.2) is 0 Å². The molecular formula is C18H23FN4O. The highest BCUT2D eigenvalue weighted by Gasteiger charge is 2.06. The zero-order valence-electron chi connectivity index (χ0n) is 14.1. The molecule has 0 saturated carbocycles. The second-order valence-corrected chi connectivity index (χ2v) is 5.76. The van der Waals surface area contributed by atoms with Gasteiger partial charge < -0.3 is 15.5 Å². The molecule has 24 heavy (non-hydrogen) atoms. The molecule has 0 atom stereocenters. The molecule has 0 aliphatic carbocycles. The topological polar surface area (TPSA) is 57.3 Å². The smallest absolute Gasteiger partial charge is 0.269 e. The molecule has 0 bridgehead atoms. The Bertz CT molecular complexity index is 658.